The summed E-state index contributed by atoms with van der Waals surface area (Å²) in [6.45, 7) is 5.32. The molecule has 0 saturated carbocycles. The van der Waals surface area contributed by atoms with Crippen LogP contribution in [0.1, 0.15) is 26.3 Å². The van der Waals surface area contributed by atoms with Crippen LogP contribution >= 0.6 is 0 Å². The van der Waals surface area contributed by atoms with E-state index in [1.807, 2.05) is 0 Å². The highest BCUT2D eigenvalue weighted by Gasteiger charge is 2.19. The van der Waals surface area contributed by atoms with Crippen molar-refractivity contribution >= 4 is 16.2 Å². The Labute approximate surface area is 137 Å². The van der Waals surface area contributed by atoms with Crippen LogP contribution in [0.4, 0.5) is 4.79 Å². The van der Waals surface area contributed by atoms with Gasteiger partial charge in [-0.05, 0) is 38.5 Å². The maximum absolute atomic E-state index is 11.7. The summed E-state index contributed by atoms with van der Waals surface area (Å²) in [4.78, 5) is 11.7. The molecule has 1 unspecified atom stereocenters. The second-order valence-corrected chi connectivity index (χ2v) is 7.58. The Hall–Kier alpha value is -1.80. The number of rotatable bonds is 6. The van der Waals surface area contributed by atoms with Gasteiger partial charge in [-0.25, -0.2) is 4.79 Å². The Kier molecular flexibility index (Phi) is 6.40. The zero-order valence-electron chi connectivity index (χ0n) is 14.0. The standard InChI is InChI=1S/C15H23NO6S/c1-15(2,3)21-14(17)16-13(20-4)10-11-6-8-12(9-7-11)22-23(5,18)19/h6-9,13H,10H2,1-5H3,(H,16,17). The molecule has 0 aromatic heterocycles. The highest BCUT2D eigenvalue weighted by molar-refractivity contribution is 7.86. The number of carbonyl (C=O) groups is 1. The SMILES string of the molecule is COC(Cc1ccc(OS(C)(=O)=O)cc1)NC(=O)OC(C)(C)C. The molecule has 7 nitrogen and oxygen atoms in total. The number of methoxy groups -OCH3 is 1. The van der Waals surface area contributed by atoms with E-state index in [1.54, 1.807) is 32.9 Å². The number of benzene rings is 1. The summed E-state index contributed by atoms with van der Waals surface area (Å²) in [5.74, 6) is 0.227. The van der Waals surface area contributed by atoms with Gasteiger partial charge >= 0.3 is 16.2 Å². The van der Waals surface area contributed by atoms with Gasteiger partial charge in [0, 0.05) is 13.5 Å². The fourth-order valence-corrected chi connectivity index (χ4v) is 2.16. The van der Waals surface area contributed by atoms with Crippen LogP contribution in [0.5, 0.6) is 5.75 Å². The molecule has 1 rings (SSSR count). The average molecular weight is 345 g/mol. The lowest BCUT2D eigenvalue weighted by Gasteiger charge is -2.23. The third-order valence-corrected chi connectivity index (χ3v) is 3.05. The lowest BCUT2D eigenvalue weighted by Crippen LogP contribution is -2.41. The fraction of sp³-hybridized carbons (Fsp3) is 0.533. The predicted molar refractivity (Wildman–Crippen MR) is 85.8 cm³/mol. The van der Waals surface area contributed by atoms with Gasteiger partial charge in [0.15, 0.2) is 0 Å². The highest BCUT2D eigenvalue weighted by Crippen LogP contribution is 2.15. The molecule has 130 valence electrons. The van der Waals surface area contributed by atoms with Crippen LogP contribution < -0.4 is 9.50 Å². The van der Waals surface area contributed by atoms with Crippen molar-refractivity contribution in [3.05, 3.63) is 29.8 Å². The molecule has 0 heterocycles. The molecule has 1 aromatic rings. The fourth-order valence-electron chi connectivity index (χ4n) is 1.70. The molecule has 0 aliphatic rings. The molecule has 0 fully saturated rings. The van der Waals surface area contributed by atoms with Gasteiger partial charge in [0.25, 0.3) is 0 Å². The van der Waals surface area contributed by atoms with E-state index in [0.717, 1.165) is 11.8 Å². The maximum atomic E-state index is 11.7. The summed E-state index contributed by atoms with van der Waals surface area (Å²) in [6.07, 6.45) is 0.245. The third-order valence-electron chi connectivity index (χ3n) is 2.55. The highest BCUT2D eigenvalue weighted by atomic mass is 32.2. The topological polar surface area (TPSA) is 90.9 Å². The molecule has 23 heavy (non-hydrogen) atoms. The number of hydrogen-bond donors (Lipinski definition) is 1. The zero-order chi connectivity index (χ0) is 17.7. The molecule has 1 aromatic carbocycles. The lowest BCUT2D eigenvalue weighted by atomic mass is 10.1. The molecule has 1 amide bonds. The van der Waals surface area contributed by atoms with Gasteiger partial charge in [-0.1, -0.05) is 12.1 Å². The van der Waals surface area contributed by atoms with Gasteiger partial charge < -0.3 is 13.7 Å². The lowest BCUT2D eigenvalue weighted by molar-refractivity contribution is 0.0240. The number of amides is 1. The van der Waals surface area contributed by atoms with E-state index in [-0.39, 0.29) is 5.75 Å². The predicted octanol–water partition coefficient (Wildman–Crippen LogP) is 2.06. The molecule has 1 N–H and O–H groups in total. The Morgan fingerprint density at radius 2 is 1.78 bits per heavy atom. The molecular formula is C15H23NO6S. The quantitative estimate of drug-likeness (QED) is 0.627. The monoisotopic (exact) mass is 345 g/mol. The van der Waals surface area contributed by atoms with Gasteiger partial charge in [-0.2, -0.15) is 8.42 Å². The second kappa shape index (κ2) is 7.65. The van der Waals surface area contributed by atoms with E-state index in [2.05, 4.69) is 5.32 Å². The largest absolute Gasteiger partial charge is 0.444 e. The summed E-state index contributed by atoms with van der Waals surface area (Å²) < 4.78 is 37.2. The first-order valence-corrected chi connectivity index (χ1v) is 8.81. The van der Waals surface area contributed by atoms with Crippen molar-refractivity contribution in [2.75, 3.05) is 13.4 Å². The number of ether oxygens (including phenoxy) is 2. The van der Waals surface area contributed by atoms with Crippen molar-refractivity contribution in [2.24, 2.45) is 0 Å². The molecule has 0 bridgehead atoms. The minimum atomic E-state index is -3.55. The Morgan fingerprint density at radius 3 is 2.22 bits per heavy atom. The van der Waals surface area contributed by atoms with Crippen LogP contribution in [-0.4, -0.2) is 39.7 Å². The van der Waals surface area contributed by atoms with E-state index in [9.17, 15) is 13.2 Å². The summed E-state index contributed by atoms with van der Waals surface area (Å²) in [6, 6.07) is 6.47. The third kappa shape index (κ3) is 8.41. The van der Waals surface area contributed by atoms with Crippen LogP contribution in [0, 0.1) is 0 Å². The number of nitrogens with one attached hydrogen (secondary N) is 1. The van der Waals surface area contributed by atoms with Crippen molar-refractivity contribution in [3.63, 3.8) is 0 Å². The Morgan fingerprint density at radius 1 is 1.22 bits per heavy atom. The first-order valence-electron chi connectivity index (χ1n) is 6.99. The minimum Gasteiger partial charge on any atom is -0.444 e. The average Bonchev–Trinajstić information content (AvgIpc) is 2.36. The van der Waals surface area contributed by atoms with Crippen LogP contribution in [0.2, 0.25) is 0 Å². The smallest absolute Gasteiger partial charge is 0.409 e. The molecular weight excluding hydrogens is 322 g/mol. The second-order valence-electron chi connectivity index (χ2n) is 6.01. The zero-order valence-corrected chi connectivity index (χ0v) is 14.8. The maximum Gasteiger partial charge on any atom is 0.409 e. The minimum absolute atomic E-state index is 0.227. The van der Waals surface area contributed by atoms with Crippen LogP contribution in [0.15, 0.2) is 24.3 Å². The number of carbonyl (C=O) groups excluding carboxylic acids is 1. The normalized spacial score (nSPS) is 13.3. The van der Waals surface area contributed by atoms with E-state index in [4.69, 9.17) is 13.7 Å². The van der Waals surface area contributed by atoms with E-state index < -0.39 is 28.0 Å². The number of hydrogen-bond acceptors (Lipinski definition) is 6. The number of alkyl carbamates (subject to hydrolysis) is 1. The van der Waals surface area contributed by atoms with Gasteiger partial charge in [0.2, 0.25) is 0 Å². The molecule has 0 saturated heterocycles. The Bertz CT molecular complexity index is 618. The van der Waals surface area contributed by atoms with E-state index in [1.165, 1.54) is 19.2 Å². The first-order chi connectivity index (χ1) is 10.5. The molecule has 8 heteroatoms. The summed E-state index contributed by atoms with van der Waals surface area (Å²) in [5.41, 5.74) is 0.251. The molecule has 0 aliphatic carbocycles. The van der Waals surface area contributed by atoms with Crippen molar-refractivity contribution < 1.29 is 26.9 Å². The van der Waals surface area contributed by atoms with Crippen LogP contribution in [-0.2, 0) is 26.0 Å². The van der Waals surface area contributed by atoms with Crippen molar-refractivity contribution in [1.82, 2.24) is 5.32 Å². The van der Waals surface area contributed by atoms with Crippen molar-refractivity contribution in [3.8, 4) is 5.75 Å². The molecule has 0 aliphatic heterocycles. The van der Waals surface area contributed by atoms with E-state index >= 15 is 0 Å². The van der Waals surface area contributed by atoms with Crippen molar-refractivity contribution in [2.45, 2.75) is 39.0 Å². The van der Waals surface area contributed by atoms with Gasteiger partial charge in [-0.3, -0.25) is 5.32 Å². The van der Waals surface area contributed by atoms with Gasteiger partial charge in [0.05, 0.1) is 6.26 Å². The molecule has 0 spiro atoms. The summed E-state index contributed by atoms with van der Waals surface area (Å²) in [7, 11) is -2.07. The summed E-state index contributed by atoms with van der Waals surface area (Å²) >= 11 is 0. The van der Waals surface area contributed by atoms with Crippen LogP contribution in [0.25, 0.3) is 0 Å². The molecule has 0 radical (unpaired) electrons. The summed E-state index contributed by atoms with van der Waals surface area (Å²) in [5, 5.41) is 2.61. The first kappa shape index (κ1) is 19.2. The van der Waals surface area contributed by atoms with E-state index in [0.29, 0.717) is 6.42 Å². The van der Waals surface area contributed by atoms with Crippen molar-refractivity contribution in [1.29, 1.82) is 0 Å². The van der Waals surface area contributed by atoms with Crippen LogP contribution in [0.3, 0.4) is 0 Å². The Balaban J connectivity index is 2.63. The van der Waals surface area contributed by atoms with Gasteiger partial charge in [-0.15, -0.1) is 0 Å². The molecule has 1 atom stereocenters. The van der Waals surface area contributed by atoms with Gasteiger partial charge in [0.1, 0.15) is 17.6 Å².